The highest BCUT2D eigenvalue weighted by atomic mass is 32.2. The molecule has 1 N–H and O–H groups in total. The van der Waals surface area contributed by atoms with E-state index in [4.69, 9.17) is 4.74 Å². The number of hydrogen-bond acceptors (Lipinski definition) is 3. The summed E-state index contributed by atoms with van der Waals surface area (Å²) in [5.41, 5.74) is 1.92. The van der Waals surface area contributed by atoms with Crippen molar-refractivity contribution in [1.29, 1.82) is 0 Å². The zero-order chi connectivity index (χ0) is 15.9. The summed E-state index contributed by atoms with van der Waals surface area (Å²) < 4.78 is 5.83. The molecule has 116 valence electrons. The van der Waals surface area contributed by atoms with E-state index in [1.165, 1.54) is 0 Å². The van der Waals surface area contributed by atoms with E-state index in [-0.39, 0.29) is 5.91 Å². The molecular formula is C18H21NO2S. The molecule has 0 bridgehead atoms. The van der Waals surface area contributed by atoms with Crippen LogP contribution in [0, 0.1) is 0 Å². The van der Waals surface area contributed by atoms with Gasteiger partial charge in [0.05, 0.1) is 5.69 Å². The molecule has 2 aromatic carbocycles. The smallest absolute Gasteiger partial charge is 0.265 e. The van der Waals surface area contributed by atoms with Gasteiger partial charge in [0.1, 0.15) is 5.75 Å². The molecule has 0 fully saturated rings. The third kappa shape index (κ3) is 4.04. The van der Waals surface area contributed by atoms with Crippen molar-refractivity contribution in [3.63, 3.8) is 0 Å². The second-order valence-electron chi connectivity index (χ2n) is 4.91. The Morgan fingerprint density at radius 3 is 2.59 bits per heavy atom. The molecule has 0 aliphatic rings. The van der Waals surface area contributed by atoms with Gasteiger partial charge in [0.15, 0.2) is 6.10 Å². The molecule has 4 heteroatoms. The molecule has 0 spiro atoms. The topological polar surface area (TPSA) is 38.3 Å². The summed E-state index contributed by atoms with van der Waals surface area (Å²) in [7, 11) is 0. The predicted octanol–water partition coefficient (Wildman–Crippen LogP) is 4.38. The third-order valence-corrected chi connectivity index (χ3v) is 4.19. The van der Waals surface area contributed by atoms with Gasteiger partial charge >= 0.3 is 0 Å². The first-order valence-corrected chi connectivity index (χ1v) is 8.56. The number of carbonyl (C=O) groups is 1. The lowest BCUT2D eigenvalue weighted by molar-refractivity contribution is -0.122. The number of thioether (sulfide) groups is 1. The summed E-state index contributed by atoms with van der Waals surface area (Å²) >= 11 is 1.60. The first-order valence-electron chi connectivity index (χ1n) is 7.34. The van der Waals surface area contributed by atoms with E-state index in [2.05, 4.69) is 12.2 Å². The Morgan fingerprint density at radius 1 is 1.18 bits per heavy atom. The molecule has 0 heterocycles. The third-order valence-electron chi connectivity index (χ3n) is 3.39. The molecule has 0 aliphatic heterocycles. The number of benzene rings is 2. The number of para-hydroxylation sites is 2. The molecule has 2 aromatic rings. The Labute approximate surface area is 136 Å². The van der Waals surface area contributed by atoms with Crippen LogP contribution in [0.25, 0.3) is 0 Å². The average Bonchev–Trinajstić information content (AvgIpc) is 2.55. The van der Waals surface area contributed by atoms with Crippen molar-refractivity contribution in [3.05, 3.63) is 54.1 Å². The SMILES string of the molecule is CCc1ccccc1O[C@@H](C)C(=O)Nc1ccccc1SC. The van der Waals surface area contributed by atoms with Gasteiger partial charge in [-0.1, -0.05) is 37.3 Å². The maximum Gasteiger partial charge on any atom is 0.265 e. The Balaban J connectivity index is 2.06. The van der Waals surface area contributed by atoms with Crippen molar-refractivity contribution in [3.8, 4) is 5.75 Å². The number of nitrogens with one attached hydrogen (secondary N) is 1. The van der Waals surface area contributed by atoms with E-state index >= 15 is 0 Å². The fourth-order valence-corrected chi connectivity index (χ4v) is 2.69. The summed E-state index contributed by atoms with van der Waals surface area (Å²) in [5.74, 6) is 0.623. The van der Waals surface area contributed by atoms with E-state index in [9.17, 15) is 4.79 Å². The van der Waals surface area contributed by atoms with Crippen molar-refractivity contribution in [1.82, 2.24) is 0 Å². The van der Waals surface area contributed by atoms with Gasteiger partial charge in [-0.3, -0.25) is 4.79 Å². The number of rotatable bonds is 6. The number of carbonyl (C=O) groups excluding carboxylic acids is 1. The molecule has 3 nitrogen and oxygen atoms in total. The molecule has 1 amide bonds. The van der Waals surface area contributed by atoms with Crippen LogP contribution in [0.1, 0.15) is 19.4 Å². The number of amides is 1. The maximum absolute atomic E-state index is 12.3. The van der Waals surface area contributed by atoms with Crippen molar-refractivity contribution in [2.45, 2.75) is 31.3 Å². The highest BCUT2D eigenvalue weighted by molar-refractivity contribution is 7.98. The fourth-order valence-electron chi connectivity index (χ4n) is 2.14. The summed E-state index contributed by atoms with van der Waals surface area (Å²) in [6, 6.07) is 15.6. The standard InChI is InChI=1S/C18H21NO2S/c1-4-14-9-5-7-11-16(14)21-13(2)18(20)19-15-10-6-8-12-17(15)22-3/h5-13H,4H2,1-3H3,(H,19,20)/t13-/m0/s1. The van der Waals surface area contributed by atoms with Crippen molar-refractivity contribution in [2.24, 2.45) is 0 Å². The van der Waals surface area contributed by atoms with Crippen LogP contribution in [0.15, 0.2) is 53.4 Å². The second-order valence-corrected chi connectivity index (χ2v) is 5.76. The van der Waals surface area contributed by atoms with Crippen LogP contribution in [0.4, 0.5) is 5.69 Å². The van der Waals surface area contributed by atoms with Crippen LogP contribution in [0.3, 0.4) is 0 Å². The average molecular weight is 315 g/mol. The lowest BCUT2D eigenvalue weighted by Crippen LogP contribution is -2.30. The van der Waals surface area contributed by atoms with Crippen LogP contribution in [0.2, 0.25) is 0 Å². The molecule has 0 radical (unpaired) electrons. The molecule has 0 aliphatic carbocycles. The van der Waals surface area contributed by atoms with Gasteiger partial charge in [-0.25, -0.2) is 0 Å². The number of aryl methyl sites for hydroxylation is 1. The monoisotopic (exact) mass is 315 g/mol. The summed E-state index contributed by atoms with van der Waals surface area (Å²) in [6.07, 6.45) is 2.31. The molecule has 1 atom stereocenters. The van der Waals surface area contributed by atoms with Crippen molar-refractivity contribution < 1.29 is 9.53 Å². The van der Waals surface area contributed by atoms with Gasteiger partial charge in [0, 0.05) is 4.90 Å². The normalized spacial score (nSPS) is 11.8. The number of hydrogen-bond donors (Lipinski definition) is 1. The molecule has 0 saturated carbocycles. The van der Waals surface area contributed by atoms with Crippen LogP contribution in [0.5, 0.6) is 5.75 Å². The molecule has 2 rings (SSSR count). The van der Waals surface area contributed by atoms with Gasteiger partial charge in [-0.05, 0) is 43.4 Å². The van der Waals surface area contributed by atoms with Crippen molar-refractivity contribution in [2.75, 3.05) is 11.6 Å². The van der Waals surface area contributed by atoms with Gasteiger partial charge in [-0.2, -0.15) is 0 Å². The fraction of sp³-hybridized carbons (Fsp3) is 0.278. The van der Waals surface area contributed by atoms with Gasteiger partial charge in [0.2, 0.25) is 0 Å². The van der Waals surface area contributed by atoms with Crippen LogP contribution < -0.4 is 10.1 Å². The van der Waals surface area contributed by atoms with E-state index in [1.807, 2.05) is 54.8 Å². The Bertz CT molecular complexity index is 642. The Hall–Kier alpha value is -1.94. The molecule has 0 unspecified atom stereocenters. The summed E-state index contributed by atoms with van der Waals surface area (Å²) in [6.45, 7) is 3.84. The number of anilines is 1. The zero-order valence-corrected chi connectivity index (χ0v) is 13.9. The molecular weight excluding hydrogens is 294 g/mol. The van der Waals surface area contributed by atoms with E-state index in [0.29, 0.717) is 0 Å². The van der Waals surface area contributed by atoms with Crippen LogP contribution in [-0.4, -0.2) is 18.3 Å². The molecule has 22 heavy (non-hydrogen) atoms. The van der Waals surface area contributed by atoms with E-state index in [1.54, 1.807) is 18.7 Å². The summed E-state index contributed by atoms with van der Waals surface area (Å²) in [5, 5.41) is 2.93. The number of ether oxygens (including phenoxy) is 1. The van der Waals surface area contributed by atoms with Crippen molar-refractivity contribution >= 4 is 23.4 Å². The lowest BCUT2D eigenvalue weighted by Gasteiger charge is -2.17. The maximum atomic E-state index is 12.3. The Morgan fingerprint density at radius 2 is 1.86 bits per heavy atom. The van der Waals surface area contributed by atoms with E-state index in [0.717, 1.165) is 28.3 Å². The highest BCUT2D eigenvalue weighted by Crippen LogP contribution is 2.25. The largest absolute Gasteiger partial charge is 0.481 e. The van der Waals surface area contributed by atoms with E-state index < -0.39 is 6.10 Å². The minimum Gasteiger partial charge on any atom is -0.481 e. The molecule has 0 aromatic heterocycles. The summed E-state index contributed by atoms with van der Waals surface area (Å²) in [4.78, 5) is 13.4. The highest BCUT2D eigenvalue weighted by Gasteiger charge is 2.17. The van der Waals surface area contributed by atoms with Gasteiger partial charge < -0.3 is 10.1 Å². The minimum atomic E-state index is -0.553. The molecule has 0 saturated heterocycles. The van der Waals surface area contributed by atoms with Crippen LogP contribution >= 0.6 is 11.8 Å². The van der Waals surface area contributed by atoms with Gasteiger partial charge in [0.25, 0.3) is 5.91 Å². The first kappa shape index (κ1) is 16.4. The van der Waals surface area contributed by atoms with Crippen LogP contribution in [-0.2, 0) is 11.2 Å². The second kappa shape index (κ2) is 7.90. The predicted molar refractivity (Wildman–Crippen MR) is 92.8 cm³/mol. The van der Waals surface area contributed by atoms with Gasteiger partial charge in [-0.15, -0.1) is 11.8 Å². The Kier molecular flexibility index (Phi) is 5.90. The first-order chi connectivity index (χ1) is 10.7. The quantitative estimate of drug-likeness (QED) is 0.804. The zero-order valence-electron chi connectivity index (χ0n) is 13.1. The lowest BCUT2D eigenvalue weighted by atomic mass is 10.1. The minimum absolute atomic E-state index is 0.146.